The van der Waals surface area contributed by atoms with Gasteiger partial charge in [0.2, 0.25) is 0 Å². The molecule has 3 nitrogen and oxygen atoms in total. The minimum absolute atomic E-state index is 0.0763. The van der Waals surface area contributed by atoms with E-state index in [9.17, 15) is 4.79 Å². The SMILES string of the molecule is C=CC(C)(O[Si](C)(C)C)C(=O)c1ccc(OC)cc1. The number of benzene rings is 1. The molecule has 0 aromatic heterocycles. The Balaban J connectivity index is 3.03. The van der Waals surface area contributed by atoms with E-state index in [0.29, 0.717) is 5.56 Å². The summed E-state index contributed by atoms with van der Waals surface area (Å²) in [4.78, 5) is 12.6. The summed E-state index contributed by atoms with van der Waals surface area (Å²) in [7, 11) is -0.248. The van der Waals surface area contributed by atoms with Crippen molar-refractivity contribution in [3.63, 3.8) is 0 Å². The van der Waals surface area contributed by atoms with Crippen LogP contribution in [0.2, 0.25) is 19.6 Å². The van der Waals surface area contributed by atoms with Gasteiger partial charge in [-0.15, -0.1) is 0 Å². The zero-order valence-corrected chi connectivity index (χ0v) is 13.3. The number of carbonyl (C=O) groups is 1. The van der Waals surface area contributed by atoms with E-state index in [2.05, 4.69) is 26.2 Å². The highest BCUT2D eigenvalue weighted by atomic mass is 28.4. The van der Waals surface area contributed by atoms with Gasteiger partial charge in [-0.25, -0.2) is 0 Å². The van der Waals surface area contributed by atoms with Crippen molar-refractivity contribution in [3.8, 4) is 5.75 Å². The molecule has 4 heteroatoms. The van der Waals surface area contributed by atoms with Crippen LogP contribution in [-0.4, -0.2) is 26.8 Å². The predicted octanol–water partition coefficient (Wildman–Crippen LogP) is 3.67. The average molecular weight is 278 g/mol. The van der Waals surface area contributed by atoms with Gasteiger partial charge in [0.25, 0.3) is 0 Å². The topological polar surface area (TPSA) is 35.5 Å². The maximum atomic E-state index is 12.6. The molecule has 0 heterocycles. The molecule has 1 rings (SSSR count). The van der Waals surface area contributed by atoms with Crippen molar-refractivity contribution in [2.45, 2.75) is 32.2 Å². The second kappa shape index (κ2) is 5.71. The lowest BCUT2D eigenvalue weighted by Gasteiger charge is -2.32. The molecule has 1 aromatic carbocycles. The minimum atomic E-state index is -1.84. The first-order chi connectivity index (χ1) is 8.72. The first-order valence-corrected chi connectivity index (χ1v) is 9.65. The Kier molecular flexibility index (Phi) is 4.71. The zero-order valence-electron chi connectivity index (χ0n) is 12.3. The van der Waals surface area contributed by atoms with Crippen LogP contribution in [0.15, 0.2) is 36.9 Å². The van der Waals surface area contributed by atoms with Crippen LogP contribution in [0.1, 0.15) is 17.3 Å². The minimum Gasteiger partial charge on any atom is -0.497 e. The molecule has 0 saturated heterocycles. The number of methoxy groups -OCH3 is 1. The van der Waals surface area contributed by atoms with Gasteiger partial charge < -0.3 is 9.16 Å². The largest absolute Gasteiger partial charge is 0.497 e. The number of ether oxygens (including phenoxy) is 1. The van der Waals surface area contributed by atoms with Crippen LogP contribution in [0, 0.1) is 0 Å². The molecular formula is C15H22O3Si. The van der Waals surface area contributed by atoms with Gasteiger partial charge in [0.05, 0.1) is 7.11 Å². The molecule has 1 atom stereocenters. The molecule has 0 amide bonds. The Hall–Kier alpha value is -1.39. The van der Waals surface area contributed by atoms with Crippen molar-refractivity contribution in [1.29, 1.82) is 0 Å². The zero-order chi connectivity index (χ0) is 14.7. The molecule has 0 spiro atoms. The maximum absolute atomic E-state index is 12.6. The summed E-state index contributed by atoms with van der Waals surface area (Å²) >= 11 is 0. The summed E-state index contributed by atoms with van der Waals surface area (Å²) in [5.74, 6) is 0.649. The van der Waals surface area contributed by atoms with Crippen molar-refractivity contribution in [1.82, 2.24) is 0 Å². The molecule has 0 bridgehead atoms. The van der Waals surface area contributed by atoms with Gasteiger partial charge in [-0.05, 0) is 50.8 Å². The standard InChI is InChI=1S/C15H22O3Si/c1-7-15(2,18-19(4,5)6)14(16)12-8-10-13(17-3)11-9-12/h7-11H,1H2,2-6H3. The second-order valence-corrected chi connectivity index (χ2v) is 10.0. The van der Waals surface area contributed by atoms with E-state index in [1.807, 2.05) is 0 Å². The van der Waals surface area contributed by atoms with Gasteiger partial charge in [0.15, 0.2) is 14.1 Å². The van der Waals surface area contributed by atoms with Crippen LogP contribution in [0.3, 0.4) is 0 Å². The van der Waals surface area contributed by atoms with E-state index in [4.69, 9.17) is 9.16 Å². The number of carbonyl (C=O) groups excluding carboxylic acids is 1. The summed E-state index contributed by atoms with van der Waals surface area (Å²) in [6.07, 6.45) is 1.58. The van der Waals surface area contributed by atoms with E-state index in [1.165, 1.54) is 0 Å². The van der Waals surface area contributed by atoms with Crippen molar-refractivity contribution < 1.29 is 14.0 Å². The summed E-state index contributed by atoms with van der Waals surface area (Å²) < 4.78 is 11.1. The molecule has 19 heavy (non-hydrogen) atoms. The number of Topliss-reactive ketones (excluding diaryl/α,β-unsaturated/α-hetero) is 1. The van der Waals surface area contributed by atoms with Gasteiger partial charge in [-0.2, -0.15) is 0 Å². The van der Waals surface area contributed by atoms with Crippen molar-refractivity contribution in [2.75, 3.05) is 7.11 Å². The van der Waals surface area contributed by atoms with Crippen LogP contribution in [0.4, 0.5) is 0 Å². The summed E-state index contributed by atoms with van der Waals surface area (Å²) in [6, 6.07) is 7.03. The smallest absolute Gasteiger partial charge is 0.197 e. The quantitative estimate of drug-likeness (QED) is 0.452. The Morgan fingerprint density at radius 2 is 1.79 bits per heavy atom. The lowest BCUT2D eigenvalue weighted by molar-refractivity contribution is 0.0647. The van der Waals surface area contributed by atoms with Crippen molar-refractivity contribution in [2.24, 2.45) is 0 Å². The number of rotatable bonds is 6. The average Bonchev–Trinajstić information content (AvgIpc) is 2.36. The third-order valence-corrected chi connectivity index (χ3v) is 3.75. The normalized spacial score (nSPS) is 14.6. The van der Waals surface area contributed by atoms with E-state index in [-0.39, 0.29) is 5.78 Å². The van der Waals surface area contributed by atoms with E-state index >= 15 is 0 Å². The molecule has 0 radical (unpaired) electrons. The Bertz CT molecular complexity index is 459. The number of ketones is 1. The fourth-order valence-electron chi connectivity index (χ4n) is 1.85. The summed E-state index contributed by atoms with van der Waals surface area (Å²) in [5.41, 5.74) is -0.375. The first kappa shape index (κ1) is 15.7. The molecule has 0 fully saturated rings. The number of hydrogen-bond donors (Lipinski definition) is 0. The molecule has 0 saturated carbocycles. The lowest BCUT2D eigenvalue weighted by Crippen LogP contribution is -2.45. The van der Waals surface area contributed by atoms with Crippen molar-refractivity contribution >= 4 is 14.1 Å². The molecule has 1 aromatic rings. The molecular weight excluding hydrogens is 256 g/mol. The highest BCUT2D eigenvalue weighted by Gasteiger charge is 2.36. The van der Waals surface area contributed by atoms with Crippen LogP contribution >= 0.6 is 0 Å². The van der Waals surface area contributed by atoms with Gasteiger partial charge in [-0.1, -0.05) is 12.7 Å². The Morgan fingerprint density at radius 3 is 2.16 bits per heavy atom. The van der Waals surface area contributed by atoms with Gasteiger partial charge in [0, 0.05) is 5.56 Å². The van der Waals surface area contributed by atoms with E-state index < -0.39 is 13.9 Å². The van der Waals surface area contributed by atoms with Crippen LogP contribution in [0.5, 0.6) is 5.75 Å². The van der Waals surface area contributed by atoms with Crippen LogP contribution in [0.25, 0.3) is 0 Å². The second-order valence-electron chi connectivity index (χ2n) is 5.58. The molecule has 1 unspecified atom stereocenters. The van der Waals surface area contributed by atoms with Gasteiger partial charge in [0.1, 0.15) is 11.4 Å². The summed E-state index contributed by atoms with van der Waals surface area (Å²) in [5, 5.41) is 0. The monoisotopic (exact) mass is 278 g/mol. The van der Waals surface area contributed by atoms with Gasteiger partial charge in [-0.3, -0.25) is 4.79 Å². The molecule has 104 valence electrons. The Labute approximate surface area is 116 Å². The van der Waals surface area contributed by atoms with Crippen LogP contribution in [-0.2, 0) is 4.43 Å². The predicted molar refractivity (Wildman–Crippen MR) is 80.4 cm³/mol. The number of hydrogen-bond acceptors (Lipinski definition) is 3. The molecule has 0 aliphatic heterocycles. The lowest BCUT2D eigenvalue weighted by atomic mass is 9.95. The maximum Gasteiger partial charge on any atom is 0.197 e. The summed E-state index contributed by atoms with van der Waals surface area (Å²) in [6.45, 7) is 11.7. The third-order valence-electron chi connectivity index (χ3n) is 2.71. The highest BCUT2D eigenvalue weighted by molar-refractivity contribution is 6.70. The highest BCUT2D eigenvalue weighted by Crippen LogP contribution is 2.25. The van der Waals surface area contributed by atoms with E-state index in [1.54, 1.807) is 44.4 Å². The molecule has 0 N–H and O–H groups in total. The molecule has 0 aliphatic carbocycles. The Morgan fingerprint density at radius 1 is 1.26 bits per heavy atom. The first-order valence-electron chi connectivity index (χ1n) is 6.24. The van der Waals surface area contributed by atoms with Gasteiger partial charge >= 0.3 is 0 Å². The fraction of sp³-hybridized carbons (Fsp3) is 0.400. The van der Waals surface area contributed by atoms with Crippen molar-refractivity contribution in [3.05, 3.63) is 42.5 Å². The third kappa shape index (κ3) is 4.04. The fourth-order valence-corrected chi connectivity index (χ4v) is 3.29. The van der Waals surface area contributed by atoms with Crippen LogP contribution < -0.4 is 4.74 Å². The molecule has 0 aliphatic rings. The van der Waals surface area contributed by atoms with E-state index in [0.717, 1.165) is 5.75 Å².